The van der Waals surface area contributed by atoms with Crippen LogP contribution in [0.3, 0.4) is 0 Å². The Morgan fingerprint density at radius 1 is 1.11 bits per heavy atom. The fraction of sp³-hybridized carbons (Fsp3) is 0.222. The molecule has 3 nitrogen and oxygen atoms in total. The zero-order chi connectivity index (χ0) is 20.2. The topological polar surface area (TPSA) is 37.8 Å². The lowest BCUT2D eigenvalue weighted by molar-refractivity contribution is -0.140. The van der Waals surface area contributed by atoms with Crippen molar-refractivity contribution >= 4 is 44.3 Å². The largest absolute Gasteiger partial charge is 0.419 e. The molecular formula is C18H15BrClF4N3. The minimum absolute atomic E-state index is 0.0261. The van der Waals surface area contributed by atoms with Crippen LogP contribution in [0.1, 0.15) is 25.0 Å². The number of halogens is 6. The van der Waals surface area contributed by atoms with E-state index in [-0.39, 0.29) is 17.4 Å². The first-order valence-electron chi connectivity index (χ1n) is 7.97. The number of benzene rings is 2. The first-order chi connectivity index (χ1) is 12.8. The van der Waals surface area contributed by atoms with Gasteiger partial charge in [0, 0.05) is 22.0 Å². The van der Waals surface area contributed by atoms with Gasteiger partial charge >= 0.3 is 6.18 Å². The van der Waals surface area contributed by atoms with Crippen LogP contribution in [0.15, 0.2) is 40.9 Å². The second kappa shape index (κ2) is 8.84. The Bertz CT molecular complexity index is 948. The van der Waals surface area contributed by atoms with Crippen molar-refractivity contribution in [2.45, 2.75) is 26.6 Å². The van der Waals surface area contributed by atoms with Gasteiger partial charge < -0.3 is 5.32 Å². The summed E-state index contributed by atoms with van der Waals surface area (Å²) in [7, 11) is 0. The van der Waals surface area contributed by atoms with Gasteiger partial charge in [-0.15, -0.1) is 0 Å². The van der Waals surface area contributed by atoms with Gasteiger partial charge in [-0.05, 0) is 35.9 Å². The molecule has 0 aliphatic carbocycles. The number of fused-ring (bicyclic) bond motifs is 1. The van der Waals surface area contributed by atoms with Crippen LogP contribution < -0.4 is 5.32 Å². The zero-order valence-corrected chi connectivity index (χ0v) is 16.7. The Morgan fingerprint density at radius 3 is 2.48 bits per heavy atom. The maximum Gasteiger partial charge on any atom is 0.419 e. The van der Waals surface area contributed by atoms with Gasteiger partial charge in [0.15, 0.2) is 0 Å². The van der Waals surface area contributed by atoms with E-state index in [2.05, 4.69) is 31.2 Å². The van der Waals surface area contributed by atoms with Crippen molar-refractivity contribution in [1.82, 2.24) is 9.97 Å². The molecular weight excluding hydrogens is 450 g/mol. The standard InChI is InChI=1S/C16H9BrClF4N3.C2H6/c17-9-4-5-12-10(6-9)14(25-15(18)24-12)23-7-8-2-1-3-11(13(8)19)16(20,21)22;1-2/h1-6H,7H2,(H,23,24,25);1-2H3. The molecule has 1 N–H and O–H groups in total. The Kier molecular flexibility index (Phi) is 7.00. The average molecular weight is 465 g/mol. The molecule has 1 heterocycles. The molecule has 144 valence electrons. The van der Waals surface area contributed by atoms with Crippen LogP contribution in [0.2, 0.25) is 5.28 Å². The minimum atomic E-state index is -4.75. The number of rotatable bonds is 3. The summed E-state index contributed by atoms with van der Waals surface area (Å²) in [6.45, 7) is 3.81. The monoisotopic (exact) mass is 463 g/mol. The molecule has 0 aliphatic rings. The van der Waals surface area contributed by atoms with Crippen molar-refractivity contribution in [2.75, 3.05) is 5.32 Å². The quantitative estimate of drug-likeness (QED) is 0.340. The van der Waals surface area contributed by atoms with Crippen LogP contribution in [-0.4, -0.2) is 9.97 Å². The molecule has 0 fully saturated rings. The number of hydrogen-bond acceptors (Lipinski definition) is 3. The zero-order valence-electron chi connectivity index (χ0n) is 14.3. The van der Waals surface area contributed by atoms with Gasteiger partial charge in [0.2, 0.25) is 5.28 Å². The number of alkyl halides is 3. The summed E-state index contributed by atoms with van der Waals surface area (Å²) in [6, 6.07) is 8.34. The van der Waals surface area contributed by atoms with Gasteiger partial charge in [0.1, 0.15) is 11.6 Å². The van der Waals surface area contributed by atoms with Crippen LogP contribution in [0, 0.1) is 5.82 Å². The van der Waals surface area contributed by atoms with Crippen molar-refractivity contribution < 1.29 is 17.6 Å². The summed E-state index contributed by atoms with van der Waals surface area (Å²) in [5.41, 5.74) is -0.886. The van der Waals surface area contributed by atoms with Gasteiger partial charge in [-0.3, -0.25) is 0 Å². The molecule has 3 rings (SSSR count). The third kappa shape index (κ3) is 5.07. The Hall–Kier alpha value is -1.93. The predicted molar refractivity (Wildman–Crippen MR) is 102 cm³/mol. The normalized spacial score (nSPS) is 11.1. The molecule has 0 saturated carbocycles. The third-order valence-corrected chi connectivity index (χ3v) is 4.12. The molecule has 0 aliphatic heterocycles. The molecule has 0 amide bonds. The van der Waals surface area contributed by atoms with Crippen molar-refractivity contribution in [3.05, 3.63) is 63.1 Å². The highest BCUT2D eigenvalue weighted by molar-refractivity contribution is 9.10. The fourth-order valence-electron chi connectivity index (χ4n) is 2.32. The van der Waals surface area contributed by atoms with E-state index in [0.29, 0.717) is 22.8 Å². The number of anilines is 1. The average Bonchev–Trinajstić information content (AvgIpc) is 2.61. The number of nitrogens with one attached hydrogen (secondary N) is 1. The van der Waals surface area contributed by atoms with E-state index in [4.69, 9.17) is 11.6 Å². The van der Waals surface area contributed by atoms with Crippen LogP contribution in [-0.2, 0) is 12.7 Å². The summed E-state index contributed by atoms with van der Waals surface area (Å²) in [6.07, 6.45) is -4.75. The van der Waals surface area contributed by atoms with Crippen molar-refractivity contribution in [1.29, 1.82) is 0 Å². The first-order valence-corrected chi connectivity index (χ1v) is 9.14. The summed E-state index contributed by atoms with van der Waals surface area (Å²) in [4.78, 5) is 8.10. The maximum atomic E-state index is 14.1. The van der Waals surface area contributed by atoms with E-state index >= 15 is 0 Å². The Morgan fingerprint density at radius 2 is 1.81 bits per heavy atom. The van der Waals surface area contributed by atoms with Crippen molar-refractivity contribution in [2.24, 2.45) is 0 Å². The highest BCUT2D eigenvalue weighted by Crippen LogP contribution is 2.33. The van der Waals surface area contributed by atoms with E-state index in [0.717, 1.165) is 10.5 Å². The number of hydrogen-bond donors (Lipinski definition) is 1. The fourth-order valence-corrected chi connectivity index (χ4v) is 2.86. The van der Waals surface area contributed by atoms with E-state index in [1.165, 1.54) is 6.07 Å². The van der Waals surface area contributed by atoms with Crippen LogP contribution in [0.25, 0.3) is 10.9 Å². The van der Waals surface area contributed by atoms with Gasteiger partial charge in [-0.2, -0.15) is 13.2 Å². The highest BCUT2D eigenvalue weighted by Gasteiger charge is 2.34. The second-order valence-electron chi connectivity index (χ2n) is 5.13. The molecule has 0 radical (unpaired) electrons. The number of nitrogens with zero attached hydrogens (tertiary/aromatic N) is 2. The van der Waals surface area contributed by atoms with Gasteiger partial charge in [-0.25, -0.2) is 14.4 Å². The number of aromatic nitrogens is 2. The molecule has 9 heteroatoms. The van der Waals surface area contributed by atoms with E-state index in [9.17, 15) is 17.6 Å². The molecule has 0 atom stereocenters. The van der Waals surface area contributed by atoms with Gasteiger partial charge in [-0.1, -0.05) is 41.9 Å². The lowest BCUT2D eigenvalue weighted by Crippen LogP contribution is -2.12. The summed E-state index contributed by atoms with van der Waals surface area (Å²) >= 11 is 9.19. The van der Waals surface area contributed by atoms with Crippen LogP contribution >= 0.6 is 27.5 Å². The highest BCUT2D eigenvalue weighted by atomic mass is 79.9. The van der Waals surface area contributed by atoms with Gasteiger partial charge in [0.25, 0.3) is 0 Å². The Labute approximate surface area is 166 Å². The second-order valence-corrected chi connectivity index (χ2v) is 6.39. The van der Waals surface area contributed by atoms with E-state index < -0.39 is 17.6 Å². The first kappa shape index (κ1) is 21.4. The van der Waals surface area contributed by atoms with Crippen LogP contribution in [0.4, 0.5) is 23.4 Å². The SMILES string of the molecule is CC.Fc1c(CNc2nc(Cl)nc3ccc(Br)cc23)cccc1C(F)(F)F. The molecule has 27 heavy (non-hydrogen) atoms. The summed E-state index contributed by atoms with van der Waals surface area (Å²) in [5.74, 6) is -1.01. The molecule has 0 unspecified atom stereocenters. The maximum absolute atomic E-state index is 14.1. The molecule has 0 spiro atoms. The lowest BCUT2D eigenvalue weighted by atomic mass is 10.1. The predicted octanol–water partition coefficient (Wildman–Crippen LogP) is 6.84. The minimum Gasteiger partial charge on any atom is -0.365 e. The smallest absolute Gasteiger partial charge is 0.365 e. The summed E-state index contributed by atoms with van der Waals surface area (Å²) in [5, 5.41) is 3.40. The Balaban J connectivity index is 0.00000126. The molecule has 0 bridgehead atoms. The van der Waals surface area contributed by atoms with Crippen LogP contribution in [0.5, 0.6) is 0 Å². The van der Waals surface area contributed by atoms with Gasteiger partial charge in [0.05, 0.1) is 11.1 Å². The third-order valence-electron chi connectivity index (χ3n) is 3.46. The van der Waals surface area contributed by atoms with E-state index in [1.54, 1.807) is 18.2 Å². The molecule has 1 aromatic heterocycles. The molecule has 0 saturated heterocycles. The van der Waals surface area contributed by atoms with Crippen molar-refractivity contribution in [3.63, 3.8) is 0 Å². The lowest BCUT2D eigenvalue weighted by Gasteiger charge is -2.13. The van der Waals surface area contributed by atoms with Crippen molar-refractivity contribution in [3.8, 4) is 0 Å². The van der Waals surface area contributed by atoms with E-state index in [1.807, 2.05) is 13.8 Å². The summed E-state index contributed by atoms with van der Waals surface area (Å²) < 4.78 is 53.2. The molecule has 3 aromatic rings. The molecule has 2 aromatic carbocycles.